The van der Waals surface area contributed by atoms with Gasteiger partial charge in [0.25, 0.3) is 0 Å². The number of hydrogen-bond donors (Lipinski definition) is 2. The predicted molar refractivity (Wildman–Crippen MR) is 45.2 cm³/mol. The molecule has 0 fully saturated rings. The maximum Gasteiger partial charge on any atom is 0.337 e. The molecule has 0 aliphatic carbocycles. The summed E-state index contributed by atoms with van der Waals surface area (Å²) in [6.45, 7) is 0. The molecule has 1 aromatic carbocycles. The van der Waals surface area contributed by atoms with Crippen LogP contribution in [0.15, 0.2) is 24.4 Å². The number of hydrogen-bond acceptors (Lipinski definition) is 1. The molecule has 2 rings (SSSR count). The molecule has 4 heteroatoms. The Morgan fingerprint density at radius 1 is 1.46 bits per heavy atom. The first-order chi connectivity index (χ1) is 6.20. The number of aromatic nitrogens is 1. The molecule has 0 spiro atoms. The van der Waals surface area contributed by atoms with Gasteiger partial charge in [-0.25, -0.2) is 9.18 Å². The Morgan fingerprint density at radius 2 is 2.23 bits per heavy atom. The lowest BCUT2D eigenvalue weighted by molar-refractivity contribution is 0.0699. The highest BCUT2D eigenvalue weighted by Gasteiger charge is 2.11. The molecule has 3 nitrogen and oxygen atoms in total. The zero-order chi connectivity index (χ0) is 9.42. The summed E-state index contributed by atoms with van der Waals surface area (Å²) in [5.74, 6) is -1.50. The third-order valence-corrected chi connectivity index (χ3v) is 1.90. The van der Waals surface area contributed by atoms with Crippen LogP contribution in [0.3, 0.4) is 0 Å². The number of carboxylic acid groups (broad SMARTS) is 1. The molecule has 0 unspecified atom stereocenters. The number of H-pyrrole nitrogens is 1. The molecule has 1 heterocycles. The summed E-state index contributed by atoms with van der Waals surface area (Å²) in [5, 5.41) is 9.12. The second kappa shape index (κ2) is 2.58. The number of aromatic amines is 1. The van der Waals surface area contributed by atoms with E-state index in [1.807, 2.05) is 0 Å². The normalized spacial score (nSPS) is 10.5. The molecule has 2 aromatic rings. The Kier molecular flexibility index (Phi) is 1.55. The predicted octanol–water partition coefficient (Wildman–Crippen LogP) is 2.01. The van der Waals surface area contributed by atoms with Gasteiger partial charge >= 0.3 is 5.97 Å². The van der Waals surface area contributed by atoms with Crippen molar-refractivity contribution in [1.29, 1.82) is 0 Å². The first-order valence-corrected chi connectivity index (χ1v) is 3.69. The van der Waals surface area contributed by atoms with Crippen molar-refractivity contribution in [3.63, 3.8) is 0 Å². The van der Waals surface area contributed by atoms with E-state index in [4.69, 9.17) is 5.11 Å². The van der Waals surface area contributed by atoms with E-state index in [-0.39, 0.29) is 11.1 Å². The van der Waals surface area contributed by atoms with Crippen LogP contribution in [0.2, 0.25) is 0 Å². The van der Waals surface area contributed by atoms with Gasteiger partial charge in [-0.05, 0) is 6.07 Å². The molecule has 0 bridgehead atoms. The molecule has 1 aromatic heterocycles. The van der Waals surface area contributed by atoms with E-state index < -0.39 is 11.8 Å². The van der Waals surface area contributed by atoms with Crippen molar-refractivity contribution in [2.24, 2.45) is 0 Å². The summed E-state index contributed by atoms with van der Waals surface area (Å²) in [7, 11) is 0. The maximum absolute atomic E-state index is 13.0. The van der Waals surface area contributed by atoms with Gasteiger partial charge in [-0.2, -0.15) is 0 Å². The van der Waals surface area contributed by atoms with Crippen molar-refractivity contribution in [2.45, 2.75) is 0 Å². The van der Waals surface area contributed by atoms with Crippen molar-refractivity contribution in [2.75, 3.05) is 0 Å². The molecule has 0 aliphatic rings. The molecule has 0 amide bonds. The van der Waals surface area contributed by atoms with Gasteiger partial charge in [-0.1, -0.05) is 12.1 Å². The summed E-state index contributed by atoms with van der Waals surface area (Å²) >= 11 is 0. The fourth-order valence-corrected chi connectivity index (χ4v) is 1.29. The minimum Gasteiger partial charge on any atom is -0.478 e. The number of halogens is 1. The van der Waals surface area contributed by atoms with Crippen LogP contribution in [0.4, 0.5) is 4.39 Å². The van der Waals surface area contributed by atoms with E-state index in [1.54, 1.807) is 6.07 Å². The number of para-hydroxylation sites is 1. The maximum atomic E-state index is 13.0. The molecule has 2 N–H and O–H groups in total. The lowest BCUT2D eigenvalue weighted by Gasteiger charge is -1.92. The highest BCUT2D eigenvalue weighted by molar-refractivity contribution is 6.03. The Bertz CT molecular complexity index is 475. The Morgan fingerprint density at radius 3 is 2.92 bits per heavy atom. The summed E-state index contributed by atoms with van der Waals surface area (Å²) in [6.07, 6.45) is 1.29. The zero-order valence-corrected chi connectivity index (χ0v) is 6.54. The van der Waals surface area contributed by atoms with Crippen molar-refractivity contribution in [3.05, 3.63) is 35.8 Å². The van der Waals surface area contributed by atoms with E-state index >= 15 is 0 Å². The van der Waals surface area contributed by atoms with Gasteiger partial charge in [0.1, 0.15) is 5.82 Å². The quantitative estimate of drug-likeness (QED) is 0.703. The summed E-state index contributed by atoms with van der Waals surface area (Å²) in [5.41, 5.74) is 0.328. The second-order valence-electron chi connectivity index (χ2n) is 2.67. The first-order valence-electron chi connectivity index (χ1n) is 3.69. The number of rotatable bonds is 1. The van der Waals surface area contributed by atoms with Crippen LogP contribution in [0.5, 0.6) is 0 Å². The number of aromatic carboxylic acids is 1. The van der Waals surface area contributed by atoms with Crippen molar-refractivity contribution >= 4 is 16.9 Å². The average molecular weight is 179 g/mol. The fraction of sp³-hybridized carbons (Fsp3) is 0. The van der Waals surface area contributed by atoms with Crippen LogP contribution >= 0.6 is 0 Å². The van der Waals surface area contributed by atoms with Crippen LogP contribution in [0, 0.1) is 5.82 Å². The Hall–Kier alpha value is -1.84. The minimum atomic E-state index is -1.06. The van der Waals surface area contributed by atoms with Gasteiger partial charge in [0.05, 0.1) is 11.1 Å². The first kappa shape index (κ1) is 7.79. The molecule has 13 heavy (non-hydrogen) atoms. The van der Waals surface area contributed by atoms with Crippen LogP contribution in [0.25, 0.3) is 10.9 Å². The minimum absolute atomic E-state index is 0.0921. The fourth-order valence-electron chi connectivity index (χ4n) is 1.29. The summed E-state index contributed by atoms with van der Waals surface area (Å²) in [6, 6.07) is 4.33. The highest BCUT2D eigenvalue weighted by Crippen LogP contribution is 2.20. The number of nitrogens with one attached hydrogen (secondary N) is 1. The molecule has 0 atom stereocenters. The topological polar surface area (TPSA) is 53.1 Å². The molecule has 0 radical (unpaired) electrons. The molecular weight excluding hydrogens is 173 g/mol. The number of benzene rings is 1. The van der Waals surface area contributed by atoms with Crippen LogP contribution in [-0.2, 0) is 0 Å². The lowest BCUT2D eigenvalue weighted by atomic mass is 10.2. The summed E-state index contributed by atoms with van der Waals surface area (Å²) in [4.78, 5) is 13.2. The largest absolute Gasteiger partial charge is 0.478 e. The molecule has 0 saturated heterocycles. The van der Waals surface area contributed by atoms with Crippen molar-refractivity contribution in [3.8, 4) is 0 Å². The summed E-state index contributed by atoms with van der Waals surface area (Å²) < 4.78 is 13.0. The highest BCUT2D eigenvalue weighted by atomic mass is 19.1. The Balaban J connectivity index is 2.83. The van der Waals surface area contributed by atoms with Gasteiger partial charge in [0.2, 0.25) is 0 Å². The van der Waals surface area contributed by atoms with Gasteiger partial charge in [-0.15, -0.1) is 0 Å². The number of carboxylic acids is 1. The third-order valence-electron chi connectivity index (χ3n) is 1.90. The molecule has 0 aliphatic heterocycles. The molecular formula is C9H6FNO2. The van der Waals surface area contributed by atoms with E-state index in [0.717, 1.165) is 0 Å². The standard InChI is InChI=1S/C9H6FNO2/c10-7-3-1-2-5-6(9(12)13)4-11-8(5)7/h1-4,11H,(H,12,13). The van der Waals surface area contributed by atoms with Gasteiger partial charge in [0, 0.05) is 11.6 Å². The van der Waals surface area contributed by atoms with Crippen LogP contribution in [0.1, 0.15) is 10.4 Å². The molecule has 0 saturated carbocycles. The van der Waals surface area contributed by atoms with Gasteiger partial charge in [0.15, 0.2) is 0 Å². The SMILES string of the molecule is O=C(O)c1c[nH]c2c(F)cccc12. The second-order valence-corrected chi connectivity index (χ2v) is 2.67. The van der Waals surface area contributed by atoms with E-state index in [0.29, 0.717) is 5.39 Å². The zero-order valence-electron chi connectivity index (χ0n) is 6.54. The average Bonchev–Trinajstić information content (AvgIpc) is 2.48. The number of carbonyl (C=O) groups is 1. The van der Waals surface area contributed by atoms with Gasteiger partial charge in [-0.3, -0.25) is 0 Å². The van der Waals surface area contributed by atoms with Crippen molar-refractivity contribution < 1.29 is 14.3 Å². The van der Waals surface area contributed by atoms with Crippen molar-refractivity contribution in [1.82, 2.24) is 4.98 Å². The molecule has 66 valence electrons. The smallest absolute Gasteiger partial charge is 0.337 e. The van der Waals surface area contributed by atoms with Crippen LogP contribution in [-0.4, -0.2) is 16.1 Å². The van der Waals surface area contributed by atoms with E-state index in [1.165, 1.54) is 18.3 Å². The monoisotopic (exact) mass is 179 g/mol. The van der Waals surface area contributed by atoms with Gasteiger partial charge < -0.3 is 10.1 Å². The number of fused-ring (bicyclic) bond motifs is 1. The third kappa shape index (κ3) is 1.07. The van der Waals surface area contributed by atoms with E-state index in [2.05, 4.69) is 4.98 Å². The van der Waals surface area contributed by atoms with Crippen LogP contribution < -0.4 is 0 Å². The Labute approximate surface area is 72.8 Å². The lowest BCUT2D eigenvalue weighted by Crippen LogP contribution is -1.93. The van der Waals surface area contributed by atoms with E-state index in [9.17, 15) is 9.18 Å².